The Morgan fingerprint density at radius 3 is 2.76 bits per heavy atom. The number of nitrogens with zero attached hydrogens (tertiary/aromatic N) is 5. The molecule has 3 heterocycles. The molecule has 1 unspecified atom stereocenters. The lowest BCUT2D eigenvalue weighted by molar-refractivity contribution is 0.168. The topological polar surface area (TPSA) is 68.7 Å². The summed E-state index contributed by atoms with van der Waals surface area (Å²) < 4.78 is 0. The number of nitrogens with one attached hydrogen (secondary N) is 2. The van der Waals surface area contributed by atoms with Gasteiger partial charge in [0, 0.05) is 51.7 Å². The van der Waals surface area contributed by atoms with Crippen LogP contribution < -0.4 is 10.6 Å². The first-order valence-electron chi connectivity index (χ1n) is 9.06. The monoisotopic (exact) mass is 459 g/mol. The highest BCUT2D eigenvalue weighted by atomic mass is 127. The summed E-state index contributed by atoms with van der Waals surface area (Å²) in [6.07, 6.45) is 10.5. The lowest BCUT2D eigenvalue weighted by Crippen LogP contribution is -2.45. The summed E-state index contributed by atoms with van der Waals surface area (Å²) in [7, 11) is 1.87. The van der Waals surface area contributed by atoms with Gasteiger partial charge in [0.25, 0.3) is 0 Å². The van der Waals surface area contributed by atoms with E-state index in [1.165, 1.54) is 38.8 Å². The van der Waals surface area contributed by atoms with Crippen LogP contribution in [-0.2, 0) is 0 Å². The largest absolute Gasteiger partial charge is 0.367 e. The van der Waals surface area contributed by atoms with Gasteiger partial charge in [-0.25, -0.2) is 4.98 Å². The third-order valence-corrected chi connectivity index (χ3v) is 4.86. The second-order valence-corrected chi connectivity index (χ2v) is 6.48. The Balaban J connectivity index is 0.00000225. The van der Waals surface area contributed by atoms with Gasteiger partial charge >= 0.3 is 0 Å². The van der Waals surface area contributed by atoms with Crippen molar-refractivity contribution in [2.75, 3.05) is 51.6 Å². The average Bonchev–Trinajstić information content (AvgIpc) is 3.13. The second kappa shape index (κ2) is 10.7. The van der Waals surface area contributed by atoms with E-state index in [1.807, 2.05) is 7.05 Å². The fourth-order valence-electron chi connectivity index (χ4n) is 3.60. The molecule has 25 heavy (non-hydrogen) atoms. The Morgan fingerprint density at radius 1 is 1.20 bits per heavy atom. The third kappa shape index (κ3) is 5.95. The van der Waals surface area contributed by atoms with Crippen molar-refractivity contribution >= 4 is 35.8 Å². The molecule has 8 heteroatoms. The van der Waals surface area contributed by atoms with Gasteiger partial charge in [-0.15, -0.1) is 24.0 Å². The average molecular weight is 459 g/mol. The van der Waals surface area contributed by atoms with Gasteiger partial charge in [-0.3, -0.25) is 14.9 Å². The smallest absolute Gasteiger partial charge is 0.193 e. The number of hydrogen-bond acceptors (Lipinski definition) is 5. The molecule has 140 valence electrons. The first-order valence-corrected chi connectivity index (χ1v) is 9.06. The highest BCUT2D eigenvalue weighted by Gasteiger charge is 2.29. The van der Waals surface area contributed by atoms with Crippen molar-refractivity contribution in [3.63, 3.8) is 0 Å². The molecule has 0 saturated carbocycles. The summed E-state index contributed by atoms with van der Waals surface area (Å²) in [5.41, 5.74) is 0. The highest BCUT2D eigenvalue weighted by molar-refractivity contribution is 14.0. The Labute approximate surface area is 167 Å². The number of rotatable bonds is 5. The Kier molecular flexibility index (Phi) is 8.66. The molecule has 2 aliphatic rings. The van der Waals surface area contributed by atoms with E-state index in [1.54, 1.807) is 18.6 Å². The van der Waals surface area contributed by atoms with E-state index in [0.717, 1.165) is 38.0 Å². The zero-order valence-electron chi connectivity index (χ0n) is 15.0. The molecule has 7 nitrogen and oxygen atoms in total. The van der Waals surface area contributed by atoms with E-state index >= 15 is 0 Å². The van der Waals surface area contributed by atoms with E-state index in [2.05, 4.69) is 35.4 Å². The number of hydrogen-bond donors (Lipinski definition) is 2. The standard InChI is InChI=1S/C17H29N7.HI/c1-18-17(22-9-8-21-16-13-19-6-7-20-16)24-12-5-15(14-24)23-10-3-2-4-11-23;/h6-7,13,15H,2-5,8-12,14H2,1H3,(H,18,22)(H,20,21);1H. The molecule has 1 aromatic rings. The van der Waals surface area contributed by atoms with E-state index in [4.69, 9.17) is 0 Å². The van der Waals surface area contributed by atoms with Gasteiger partial charge in [-0.1, -0.05) is 6.42 Å². The van der Waals surface area contributed by atoms with Crippen LogP contribution in [0.2, 0.25) is 0 Å². The summed E-state index contributed by atoms with van der Waals surface area (Å²) in [4.78, 5) is 17.8. The molecule has 1 aromatic heterocycles. The zero-order chi connectivity index (χ0) is 16.6. The zero-order valence-corrected chi connectivity index (χ0v) is 17.4. The van der Waals surface area contributed by atoms with Gasteiger partial charge in [-0.05, 0) is 32.4 Å². The predicted molar refractivity (Wildman–Crippen MR) is 113 cm³/mol. The highest BCUT2D eigenvalue weighted by Crippen LogP contribution is 2.20. The number of anilines is 1. The molecule has 2 saturated heterocycles. The first kappa shape index (κ1) is 20.2. The maximum Gasteiger partial charge on any atom is 0.193 e. The number of piperidine rings is 1. The van der Waals surface area contributed by atoms with Gasteiger partial charge in [0.15, 0.2) is 5.96 Å². The SMILES string of the molecule is CN=C(NCCNc1cnccn1)N1CCC(N2CCCCC2)C1.I. The minimum Gasteiger partial charge on any atom is -0.367 e. The van der Waals surface area contributed by atoms with Crippen molar-refractivity contribution < 1.29 is 0 Å². The van der Waals surface area contributed by atoms with Crippen molar-refractivity contribution in [3.05, 3.63) is 18.6 Å². The van der Waals surface area contributed by atoms with Crippen molar-refractivity contribution in [1.29, 1.82) is 0 Å². The third-order valence-electron chi connectivity index (χ3n) is 4.86. The molecule has 3 rings (SSSR count). The summed E-state index contributed by atoms with van der Waals surface area (Å²) in [5, 5.41) is 6.71. The molecule has 0 aliphatic carbocycles. The Morgan fingerprint density at radius 2 is 2.04 bits per heavy atom. The lowest BCUT2D eigenvalue weighted by Gasteiger charge is -2.32. The quantitative estimate of drug-likeness (QED) is 0.302. The van der Waals surface area contributed by atoms with Crippen molar-refractivity contribution in [2.24, 2.45) is 4.99 Å². The number of halogens is 1. The summed E-state index contributed by atoms with van der Waals surface area (Å²) >= 11 is 0. The number of aliphatic imine (C=N–C) groups is 1. The van der Waals surface area contributed by atoms with Crippen LogP contribution in [-0.4, -0.2) is 78.1 Å². The Bertz CT molecular complexity index is 519. The van der Waals surface area contributed by atoms with Crippen LogP contribution in [0.4, 0.5) is 5.82 Å². The molecule has 2 aliphatic heterocycles. The van der Waals surface area contributed by atoms with E-state index in [0.29, 0.717) is 6.04 Å². The van der Waals surface area contributed by atoms with E-state index in [-0.39, 0.29) is 24.0 Å². The number of guanidine groups is 1. The van der Waals surface area contributed by atoms with Crippen LogP contribution in [0, 0.1) is 0 Å². The van der Waals surface area contributed by atoms with Gasteiger partial charge in [0.2, 0.25) is 0 Å². The minimum atomic E-state index is 0. The second-order valence-electron chi connectivity index (χ2n) is 6.48. The number of likely N-dealkylation sites (tertiary alicyclic amines) is 2. The maximum absolute atomic E-state index is 4.45. The molecule has 2 N–H and O–H groups in total. The first-order chi connectivity index (χ1) is 11.9. The maximum atomic E-state index is 4.45. The molecular formula is C17H30IN7. The van der Waals surface area contributed by atoms with Gasteiger partial charge in [0.1, 0.15) is 5.82 Å². The molecule has 0 radical (unpaired) electrons. The molecule has 0 bridgehead atoms. The van der Waals surface area contributed by atoms with E-state index in [9.17, 15) is 0 Å². The van der Waals surface area contributed by atoms with Gasteiger partial charge in [-0.2, -0.15) is 0 Å². The van der Waals surface area contributed by atoms with Crippen molar-refractivity contribution in [2.45, 2.75) is 31.7 Å². The molecular weight excluding hydrogens is 429 g/mol. The number of aromatic nitrogens is 2. The van der Waals surface area contributed by atoms with Crippen LogP contribution in [0.5, 0.6) is 0 Å². The van der Waals surface area contributed by atoms with Gasteiger partial charge in [0.05, 0.1) is 6.20 Å². The molecule has 0 aromatic carbocycles. The van der Waals surface area contributed by atoms with Gasteiger partial charge < -0.3 is 15.5 Å². The predicted octanol–water partition coefficient (Wildman–Crippen LogP) is 1.64. The van der Waals surface area contributed by atoms with Crippen molar-refractivity contribution in [1.82, 2.24) is 25.1 Å². The molecule has 0 spiro atoms. The normalized spacial score (nSPS) is 21.7. The van der Waals surface area contributed by atoms with Crippen LogP contribution in [0.15, 0.2) is 23.6 Å². The Hall–Kier alpha value is -1.16. The van der Waals surface area contributed by atoms with E-state index < -0.39 is 0 Å². The van der Waals surface area contributed by atoms with Crippen LogP contribution in [0.25, 0.3) is 0 Å². The van der Waals surface area contributed by atoms with Crippen molar-refractivity contribution in [3.8, 4) is 0 Å². The summed E-state index contributed by atoms with van der Waals surface area (Å²) in [5.74, 6) is 1.82. The molecule has 2 fully saturated rings. The molecule has 0 amide bonds. The fourth-order valence-corrected chi connectivity index (χ4v) is 3.60. The van der Waals surface area contributed by atoms with Crippen LogP contribution in [0.1, 0.15) is 25.7 Å². The van der Waals surface area contributed by atoms with Crippen LogP contribution in [0.3, 0.4) is 0 Å². The lowest BCUT2D eigenvalue weighted by atomic mass is 10.1. The minimum absolute atomic E-state index is 0. The van der Waals surface area contributed by atoms with Crippen LogP contribution >= 0.6 is 24.0 Å². The molecule has 1 atom stereocenters. The fraction of sp³-hybridized carbons (Fsp3) is 0.706. The summed E-state index contributed by atoms with van der Waals surface area (Å²) in [6, 6.07) is 0.696. The summed E-state index contributed by atoms with van der Waals surface area (Å²) in [6.45, 7) is 6.34.